The van der Waals surface area contributed by atoms with Crippen LogP contribution in [0, 0.1) is 11.8 Å². The number of alkyl halides is 6. The lowest BCUT2D eigenvalue weighted by Gasteiger charge is -2.40. The van der Waals surface area contributed by atoms with Crippen molar-refractivity contribution in [3.05, 3.63) is 58.6 Å². The van der Waals surface area contributed by atoms with Crippen LogP contribution in [0.2, 0.25) is 5.02 Å². The largest absolute Gasteiger partial charge is 0.484 e. The molecular formula is C31H36ClF6N3O4. The fourth-order valence-electron chi connectivity index (χ4n) is 6.00. The SMILES string of the molecule is CN(C)C(=O)c1ccc(N2CCC(CC3CCN(C(=O)C(O)(c4cccc(OCC(F)(F)F)c4)C(F)(F)F)CC3)CC2)cc1Cl. The molecule has 0 aromatic heterocycles. The van der Waals surface area contributed by atoms with E-state index in [2.05, 4.69) is 9.64 Å². The number of anilines is 1. The molecule has 2 aromatic carbocycles. The van der Waals surface area contributed by atoms with Crippen LogP contribution in [0.5, 0.6) is 5.75 Å². The Morgan fingerprint density at radius 1 is 0.933 bits per heavy atom. The van der Waals surface area contributed by atoms with Crippen LogP contribution in [0.4, 0.5) is 32.0 Å². The number of halogens is 7. The zero-order chi connectivity index (χ0) is 33.2. The number of hydrogen-bond acceptors (Lipinski definition) is 5. The molecule has 2 amide bonds. The fourth-order valence-corrected chi connectivity index (χ4v) is 6.25. The fraction of sp³-hybridized carbons (Fsp3) is 0.548. The number of rotatable bonds is 8. The van der Waals surface area contributed by atoms with Gasteiger partial charge in [-0.3, -0.25) is 9.59 Å². The molecule has 0 spiro atoms. The van der Waals surface area contributed by atoms with Gasteiger partial charge in [0, 0.05) is 51.5 Å². The molecule has 2 aliphatic rings. The Hall–Kier alpha value is -3.19. The highest BCUT2D eigenvalue weighted by atomic mass is 35.5. The summed E-state index contributed by atoms with van der Waals surface area (Å²) in [6.07, 6.45) is -6.57. The van der Waals surface area contributed by atoms with E-state index in [0.29, 0.717) is 35.4 Å². The topological polar surface area (TPSA) is 73.3 Å². The van der Waals surface area contributed by atoms with E-state index in [1.54, 1.807) is 26.2 Å². The third-order valence-corrected chi connectivity index (χ3v) is 8.82. The summed E-state index contributed by atoms with van der Waals surface area (Å²) in [7, 11) is 3.32. The molecule has 14 heteroatoms. The van der Waals surface area contributed by atoms with Gasteiger partial charge in [-0.05, 0) is 74.3 Å². The molecule has 0 radical (unpaired) electrons. The van der Waals surface area contributed by atoms with Gasteiger partial charge >= 0.3 is 12.4 Å². The molecule has 2 fully saturated rings. The minimum atomic E-state index is -5.43. The summed E-state index contributed by atoms with van der Waals surface area (Å²) in [4.78, 5) is 30.1. The number of nitrogens with zero attached hydrogens (tertiary/aromatic N) is 3. The highest BCUT2D eigenvalue weighted by Gasteiger charge is 2.62. The summed E-state index contributed by atoms with van der Waals surface area (Å²) in [5.74, 6) is -1.71. The summed E-state index contributed by atoms with van der Waals surface area (Å²) < 4.78 is 84.8. The van der Waals surface area contributed by atoms with E-state index in [-0.39, 0.29) is 24.9 Å². The number of carbonyl (C=O) groups excluding carboxylic acids is 2. The minimum Gasteiger partial charge on any atom is -0.484 e. The van der Waals surface area contributed by atoms with Gasteiger partial charge in [-0.2, -0.15) is 26.3 Å². The molecule has 0 aliphatic carbocycles. The lowest BCUT2D eigenvalue weighted by molar-refractivity contribution is -0.262. The Labute approximate surface area is 262 Å². The van der Waals surface area contributed by atoms with E-state index in [1.807, 2.05) is 6.07 Å². The summed E-state index contributed by atoms with van der Waals surface area (Å²) in [5.41, 5.74) is -3.49. The maximum atomic E-state index is 14.2. The number of ether oxygens (including phenoxy) is 1. The highest BCUT2D eigenvalue weighted by molar-refractivity contribution is 6.34. The highest BCUT2D eigenvalue weighted by Crippen LogP contribution is 2.43. The smallest absolute Gasteiger partial charge is 0.430 e. The van der Waals surface area contributed by atoms with Gasteiger partial charge in [-0.1, -0.05) is 23.7 Å². The number of likely N-dealkylation sites (tertiary alicyclic amines) is 1. The molecule has 2 saturated heterocycles. The zero-order valence-electron chi connectivity index (χ0n) is 24.9. The molecule has 1 N–H and O–H groups in total. The second-order valence-electron chi connectivity index (χ2n) is 11.9. The molecule has 1 unspecified atom stereocenters. The quantitative estimate of drug-likeness (QED) is 0.337. The van der Waals surface area contributed by atoms with Gasteiger partial charge in [0.25, 0.3) is 17.4 Å². The van der Waals surface area contributed by atoms with Crippen LogP contribution in [0.25, 0.3) is 0 Å². The van der Waals surface area contributed by atoms with E-state index >= 15 is 0 Å². The Morgan fingerprint density at radius 2 is 1.53 bits per heavy atom. The van der Waals surface area contributed by atoms with Crippen LogP contribution in [0.1, 0.15) is 48.0 Å². The average molecular weight is 664 g/mol. The first kappa shape index (κ1) is 34.7. The van der Waals surface area contributed by atoms with Gasteiger partial charge < -0.3 is 24.5 Å². The Balaban J connectivity index is 1.32. The molecule has 1 atom stereocenters. The Bertz CT molecular complexity index is 1360. The van der Waals surface area contributed by atoms with Crippen LogP contribution < -0.4 is 9.64 Å². The van der Waals surface area contributed by atoms with Crippen molar-refractivity contribution in [2.24, 2.45) is 11.8 Å². The molecule has 45 heavy (non-hydrogen) atoms. The first-order valence-corrected chi connectivity index (χ1v) is 15.0. The first-order valence-electron chi connectivity index (χ1n) is 14.6. The Morgan fingerprint density at radius 3 is 2.07 bits per heavy atom. The number of amides is 2. The lowest BCUT2D eigenvalue weighted by Crippen LogP contribution is -2.57. The van der Waals surface area contributed by atoms with Crippen molar-refractivity contribution in [1.29, 1.82) is 0 Å². The number of carbonyl (C=O) groups is 2. The molecule has 0 bridgehead atoms. The van der Waals surface area contributed by atoms with Crippen molar-refractivity contribution in [3.8, 4) is 5.75 Å². The van der Waals surface area contributed by atoms with Gasteiger partial charge in [0.15, 0.2) is 6.61 Å². The van der Waals surface area contributed by atoms with Gasteiger partial charge in [0.1, 0.15) is 5.75 Å². The Kier molecular flexibility index (Phi) is 10.5. The van der Waals surface area contributed by atoms with Gasteiger partial charge in [-0.15, -0.1) is 0 Å². The summed E-state index contributed by atoms with van der Waals surface area (Å²) in [6, 6.07) is 8.87. The third kappa shape index (κ3) is 8.16. The number of hydrogen-bond donors (Lipinski definition) is 1. The second kappa shape index (κ2) is 13.7. The van der Waals surface area contributed by atoms with E-state index in [9.17, 15) is 41.0 Å². The molecule has 7 nitrogen and oxygen atoms in total. The standard InChI is InChI=1S/C31H36ClF6N3O4/c1-39(2)27(42)25-7-6-23(18-26(25)32)40-12-8-20(9-13-40)16-21-10-14-41(15-11-21)28(43)30(44,31(36,37)38)22-4-3-5-24(17-22)45-19-29(33,34)35/h3-7,17-18,20-21,44H,8-16,19H2,1-2H3. The molecule has 0 saturated carbocycles. The normalized spacial score (nSPS) is 18.4. The third-order valence-electron chi connectivity index (χ3n) is 8.51. The van der Waals surface area contributed by atoms with E-state index in [0.717, 1.165) is 61.1 Å². The first-order chi connectivity index (χ1) is 21.0. The minimum absolute atomic E-state index is 0.0154. The number of piperidine rings is 2. The maximum Gasteiger partial charge on any atom is 0.430 e. The molecule has 2 aliphatic heterocycles. The van der Waals surface area contributed by atoms with E-state index in [4.69, 9.17) is 11.6 Å². The van der Waals surface area contributed by atoms with Crippen molar-refractivity contribution >= 4 is 29.1 Å². The van der Waals surface area contributed by atoms with Crippen molar-refractivity contribution in [2.75, 3.05) is 51.8 Å². The van der Waals surface area contributed by atoms with Crippen molar-refractivity contribution in [1.82, 2.24) is 9.80 Å². The van der Waals surface area contributed by atoms with Crippen LogP contribution >= 0.6 is 11.6 Å². The molecule has 248 valence electrons. The van der Waals surface area contributed by atoms with Gasteiger partial charge in [-0.25, -0.2) is 0 Å². The van der Waals surface area contributed by atoms with Crippen molar-refractivity contribution in [2.45, 2.75) is 50.1 Å². The average Bonchev–Trinajstić information content (AvgIpc) is 2.99. The summed E-state index contributed by atoms with van der Waals surface area (Å²) >= 11 is 6.38. The lowest BCUT2D eigenvalue weighted by atomic mass is 9.82. The van der Waals surface area contributed by atoms with Crippen LogP contribution in [0.3, 0.4) is 0 Å². The molecule has 4 rings (SSSR count). The van der Waals surface area contributed by atoms with Crippen molar-refractivity contribution < 1.29 is 45.8 Å². The van der Waals surface area contributed by atoms with Gasteiger partial charge in [0.05, 0.1) is 10.6 Å². The van der Waals surface area contributed by atoms with E-state index in [1.165, 1.54) is 4.90 Å². The van der Waals surface area contributed by atoms with Crippen LogP contribution in [-0.2, 0) is 10.4 Å². The predicted molar refractivity (Wildman–Crippen MR) is 156 cm³/mol. The van der Waals surface area contributed by atoms with Gasteiger partial charge in [0.2, 0.25) is 0 Å². The maximum absolute atomic E-state index is 14.2. The summed E-state index contributed by atoms with van der Waals surface area (Å²) in [5, 5.41) is 11.2. The molecule has 2 heterocycles. The van der Waals surface area contributed by atoms with Crippen LogP contribution in [-0.4, -0.2) is 86.0 Å². The second-order valence-corrected chi connectivity index (χ2v) is 12.3. The number of aliphatic hydroxyl groups is 1. The number of benzene rings is 2. The van der Waals surface area contributed by atoms with E-state index < -0.39 is 41.8 Å². The summed E-state index contributed by atoms with van der Waals surface area (Å²) in [6.45, 7) is -0.140. The molecule has 2 aromatic rings. The molecular weight excluding hydrogens is 628 g/mol. The van der Waals surface area contributed by atoms with Crippen LogP contribution in [0.15, 0.2) is 42.5 Å². The van der Waals surface area contributed by atoms with Crippen molar-refractivity contribution in [3.63, 3.8) is 0 Å². The predicted octanol–water partition coefficient (Wildman–Crippen LogP) is 6.28. The monoisotopic (exact) mass is 663 g/mol. The zero-order valence-corrected chi connectivity index (χ0v) is 25.7.